The van der Waals surface area contributed by atoms with Crippen molar-refractivity contribution < 1.29 is 0 Å². The summed E-state index contributed by atoms with van der Waals surface area (Å²) >= 11 is 5.97. The Kier molecular flexibility index (Phi) is 4.43. The molecule has 0 saturated carbocycles. The Labute approximate surface area is 109 Å². The van der Waals surface area contributed by atoms with Gasteiger partial charge in [-0.2, -0.15) is 0 Å². The number of nitrogens with zero attached hydrogens (tertiary/aromatic N) is 1. The van der Waals surface area contributed by atoms with Crippen LogP contribution in [0.3, 0.4) is 0 Å². The summed E-state index contributed by atoms with van der Waals surface area (Å²) in [5, 5.41) is 4.36. The van der Waals surface area contributed by atoms with Crippen LogP contribution in [-0.4, -0.2) is 31.1 Å². The monoisotopic (exact) mass is 252 g/mol. The molecule has 17 heavy (non-hydrogen) atoms. The van der Waals surface area contributed by atoms with E-state index in [0.29, 0.717) is 6.04 Å². The van der Waals surface area contributed by atoms with Gasteiger partial charge in [0.25, 0.3) is 0 Å². The van der Waals surface area contributed by atoms with E-state index in [1.807, 2.05) is 12.1 Å². The zero-order chi connectivity index (χ0) is 12.3. The third-order valence-electron chi connectivity index (χ3n) is 3.44. The molecule has 1 aromatic carbocycles. The molecule has 3 heteroatoms. The summed E-state index contributed by atoms with van der Waals surface area (Å²) in [6.45, 7) is 5.44. The minimum absolute atomic E-state index is 0.674. The van der Waals surface area contributed by atoms with Crippen molar-refractivity contribution in [3.8, 4) is 0 Å². The zero-order valence-electron chi connectivity index (χ0n) is 10.7. The lowest BCUT2D eigenvalue weighted by atomic mass is 10.1. The van der Waals surface area contributed by atoms with Crippen molar-refractivity contribution in [3.05, 3.63) is 34.3 Å². The van der Waals surface area contributed by atoms with E-state index in [1.54, 1.807) is 0 Å². The van der Waals surface area contributed by atoms with Gasteiger partial charge in [-0.15, -0.1) is 0 Å². The van der Waals surface area contributed by atoms with E-state index in [4.69, 9.17) is 11.6 Å². The fraction of sp³-hybridized carbons (Fsp3) is 0.571. The first-order valence-electron chi connectivity index (χ1n) is 6.32. The van der Waals surface area contributed by atoms with Crippen LogP contribution >= 0.6 is 11.6 Å². The van der Waals surface area contributed by atoms with Crippen LogP contribution in [0.25, 0.3) is 0 Å². The first kappa shape index (κ1) is 12.9. The molecule has 1 aromatic rings. The van der Waals surface area contributed by atoms with Crippen molar-refractivity contribution in [2.24, 2.45) is 0 Å². The molecule has 0 amide bonds. The molecule has 1 saturated heterocycles. The first-order valence-corrected chi connectivity index (χ1v) is 6.70. The van der Waals surface area contributed by atoms with E-state index in [0.717, 1.165) is 18.1 Å². The number of aryl methyl sites for hydroxylation is 1. The molecule has 1 fully saturated rings. The van der Waals surface area contributed by atoms with Crippen LogP contribution < -0.4 is 5.32 Å². The van der Waals surface area contributed by atoms with E-state index in [-0.39, 0.29) is 0 Å². The zero-order valence-corrected chi connectivity index (χ0v) is 11.4. The fourth-order valence-electron chi connectivity index (χ4n) is 2.48. The number of hydrogen-bond donors (Lipinski definition) is 1. The van der Waals surface area contributed by atoms with Gasteiger partial charge < -0.3 is 10.2 Å². The van der Waals surface area contributed by atoms with E-state index in [2.05, 4.69) is 30.3 Å². The minimum Gasteiger partial charge on any atom is -0.313 e. The molecule has 2 rings (SSSR count). The first-order chi connectivity index (χ1) is 8.15. The SMILES string of the molecule is Cc1cc(Cl)ccc1CN(C)CC1CCCN1. The Morgan fingerprint density at radius 1 is 1.47 bits per heavy atom. The summed E-state index contributed by atoms with van der Waals surface area (Å²) in [6.07, 6.45) is 2.63. The molecular formula is C14H21ClN2. The van der Waals surface area contributed by atoms with Gasteiger partial charge in [0, 0.05) is 24.2 Å². The molecule has 0 aromatic heterocycles. The molecule has 0 radical (unpaired) electrons. The van der Waals surface area contributed by atoms with Crippen molar-refractivity contribution in [1.29, 1.82) is 0 Å². The van der Waals surface area contributed by atoms with Crippen LogP contribution in [0.4, 0.5) is 0 Å². The van der Waals surface area contributed by atoms with E-state index in [1.165, 1.54) is 30.5 Å². The molecule has 1 unspecified atom stereocenters. The van der Waals surface area contributed by atoms with Gasteiger partial charge in [0.15, 0.2) is 0 Å². The summed E-state index contributed by atoms with van der Waals surface area (Å²) < 4.78 is 0. The number of likely N-dealkylation sites (N-methyl/N-ethyl adjacent to an activating group) is 1. The van der Waals surface area contributed by atoms with Gasteiger partial charge in [-0.05, 0) is 56.6 Å². The van der Waals surface area contributed by atoms with Crippen molar-refractivity contribution in [3.63, 3.8) is 0 Å². The Hall–Kier alpha value is -0.570. The Morgan fingerprint density at radius 2 is 2.29 bits per heavy atom. The maximum Gasteiger partial charge on any atom is 0.0408 e. The molecule has 1 aliphatic rings. The van der Waals surface area contributed by atoms with Crippen molar-refractivity contribution >= 4 is 11.6 Å². The number of nitrogens with one attached hydrogen (secondary N) is 1. The Morgan fingerprint density at radius 3 is 2.94 bits per heavy atom. The largest absolute Gasteiger partial charge is 0.313 e. The van der Waals surface area contributed by atoms with Gasteiger partial charge in [0.1, 0.15) is 0 Å². The smallest absolute Gasteiger partial charge is 0.0408 e. The number of rotatable bonds is 4. The van der Waals surface area contributed by atoms with Gasteiger partial charge in [-0.3, -0.25) is 0 Å². The van der Waals surface area contributed by atoms with Gasteiger partial charge in [-0.25, -0.2) is 0 Å². The Bertz CT molecular complexity index is 372. The highest BCUT2D eigenvalue weighted by Crippen LogP contribution is 2.17. The highest BCUT2D eigenvalue weighted by Gasteiger charge is 2.16. The lowest BCUT2D eigenvalue weighted by Gasteiger charge is -2.22. The molecule has 1 atom stereocenters. The normalized spacial score (nSPS) is 20.1. The predicted molar refractivity (Wildman–Crippen MR) is 73.5 cm³/mol. The van der Waals surface area contributed by atoms with Crippen molar-refractivity contribution in [2.75, 3.05) is 20.1 Å². The molecule has 94 valence electrons. The molecule has 1 N–H and O–H groups in total. The molecule has 0 bridgehead atoms. The quantitative estimate of drug-likeness (QED) is 0.887. The topological polar surface area (TPSA) is 15.3 Å². The molecule has 1 heterocycles. The van der Waals surface area contributed by atoms with Gasteiger partial charge in [-0.1, -0.05) is 17.7 Å². The second kappa shape index (κ2) is 5.85. The fourth-order valence-corrected chi connectivity index (χ4v) is 2.71. The lowest BCUT2D eigenvalue weighted by Crippen LogP contribution is -2.35. The standard InChI is InChI=1S/C14H21ClN2/c1-11-8-13(15)6-5-12(11)9-17(2)10-14-4-3-7-16-14/h5-6,8,14,16H,3-4,7,9-10H2,1-2H3. The summed E-state index contributed by atoms with van der Waals surface area (Å²) in [5.41, 5.74) is 2.65. The lowest BCUT2D eigenvalue weighted by molar-refractivity contribution is 0.293. The minimum atomic E-state index is 0.674. The van der Waals surface area contributed by atoms with Crippen LogP contribution in [0.1, 0.15) is 24.0 Å². The third-order valence-corrected chi connectivity index (χ3v) is 3.67. The van der Waals surface area contributed by atoms with Crippen LogP contribution in [-0.2, 0) is 6.54 Å². The summed E-state index contributed by atoms with van der Waals surface area (Å²) in [5.74, 6) is 0. The van der Waals surface area contributed by atoms with E-state index < -0.39 is 0 Å². The summed E-state index contributed by atoms with van der Waals surface area (Å²) in [7, 11) is 2.19. The average molecular weight is 253 g/mol. The van der Waals surface area contributed by atoms with Crippen molar-refractivity contribution in [1.82, 2.24) is 10.2 Å². The number of hydrogen-bond acceptors (Lipinski definition) is 2. The maximum absolute atomic E-state index is 5.97. The molecule has 1 aliphatic heterocycles. The average Bonchev–Trinajstić information content (AvgIpc) is 2.75. The predicted octanol–water partition coefficient (Wildman–Crippen LogP) is 2.83. The van der Waals surface area contributed by atoms with Crippen LogP contribution in [0, 0.1) is 6.92 Å². The highest BCUT2D eigenvalue weighted by atomic mass is 35.5. The van der Waals surface area contributed by atoms with Gasteiger partial charge in [0.05, 0.1) is 0 Å². The Balaban J connectivity index is 1.90. The second-order valence-electron chi connectivity index (χ2n) is 5.06. The van der Waals surface area contributed by atoms with Crippen LogP contribution in [0.15, 0.2) is 18.2 Å². The number of halogens is 1. The van der Waals surface area contributed by atoms with Crippen molar-refractivity contribution in [2.45, 2.75) is 32.4 Å². The van der Waals surface area contributed by atoms with E-state index in [9.17, 15) is 0 Å². The van der Waals surface area contributed by atoms with Gasteiger partial charge >= 0.3 is 0 Å². The molecule has 0 spiro atoms. The van der Waals surface area contributed by atoms with Gasteiger partial charge in [0.2, 0.25) is 0 Å². The highest BCUT2D eigenvalue weighted by molar-refractivity contribution is 6.30. The number of benzene rings is 1. The molecular weight excluding hydrogens is 232 g/mol. The molecule has 0 aliphatic carbocycles. The second-order valence-corrected chi connectivity index (χ2v) is 5.50. The van der Waals surface area contributed by atoms with Crippen LogP contribution in [0.2, 0.25) is 5.02 Å². The molecule has 2 nitrogen and oxygen atoms in total. The van der Waals surface area contributed by atoms with E-state index >= 15 is 0 Å². The summed E-state index contributed by atoms with van der Waals surface area (Å²) in [4.78, 5) is 2.39. The summed E-state index contributed by atoms with van der Waals surface area (Å²) in [6, 6.07) is 6.83. The third kappa shape index (κ3) is 3.70. The van der Waals surface area contributed by atoms with Crippen LogP contribution in [0.5, 0.6) is 0 Å². The maximum atomic E-state index is 5.97.